The first-order valence-corrected chi connectivity index (χ1v) is 8.98. The lowest BCUT2D eigenvalue weighted by Crippen LogP contribution is -2.44. The van der Waals surface area contributed by atoms with Crippen molar-refractivity contribution in [3.05, 3.63) is 56.6 Å². The van der Waals surface area contributed by atoms with Crippen LogP contribution in [0.2, 0.25) is 0 Å². The molecule has 26 heavy (non-hydrogen) atoms. The zero-order valence-corrected chi connectivity index (χ0v) is 14.7. The van der Waals surface area contributed by atoms with Crippen LogP contribution in [0.25, 0.3) is 0 Å². The maximum absolute atomic E-state index is 12.7. The van der Waals surface area contributed by atoms with Crippen LogP contribution in [0.15, 0.2) is 34.0 Å². The number of nitrogens with zero attached hydrogens (tertiary/aromatic N) is 5. The van der Waals surface area contributed by atoms with Gasteiger partial charge < -0.3 is 4.90 Å². The molecule has 2 atom stereocenters. The second-order valence-electron chi connectivity index (χ2n) is 6.89. The minimum absolute atomic E-state index is 0.00234. The van der Waals surface area contributed by atoms with Gasteiger partial charge in [-0.2, -0.15) is 5.10 Å². The highest BCUT2D eigenvalue weighted by Gasteiger charge is 2.41. The van der Waals surface area contributed by atoms with E-state index in [1.54, 1.807) is 13.1 Å². The van der Waals surface area contributed by atoms with Crippen LogP contribution in [0.4, 0.5) is 0 Å². The molecule has 1 amide bonds. The van der Waals surface area contributed by atoms with Crippen LogP contribution in [0.5, 0.6) is 0 Å². The van der Waals surface area contributed by atoms with Gasteiger partial charge in [-0.3, -0.25) is 23.9 Å². The lowest BCUT2D eigenvalue weighted by molar-refractivity contribution is -0.132. The summed E-state index contributed by atoms with van der Waals surface area (Å²) in [4.78, 5) is 43.1. The number of likely N-dealkylation sites (tertiary alicyclic amines) is 1. The average molecular weight is 355 g/mol. The second-order valence-corrected chi connectivity index (χ2v) is 6.89. The molecule has 1 saturated heterocycles. The smallest absolute Gasteiger partial charge is 0.332 e. The maximum Gasteiger partial charge on any atom is 0.332 e. The number of piperidine rings is 1. The Balaban J connectivity index is 1.58. The second kappa shape index (κ2) is 6.51. The SMILES string of the molecule is CCn1nc2n(c(=O)c1=O)CC1CCN(C(=O)Cc3ccccn3)CC21. The van der Waals surface area contributed by atoms with Gasteiger partial charge in [-0.05, 0) is 31.4 Å². The molecule has 8 nitrogen and oxygen atoms in total. The quantitative estimate of drug-likeness (QED) is 0.724. The van der Waals surface area contributed by atoms with Gasteiger partial charge in [-0.1, -0.05) is 6.07 Å². The van der Waals surface area contributed by atoms with Crippen molar-refractivity contribution in [3.63, 3.8) is 0 Å². The van der Waals surface area contributed by atoms with Crippen molar-refractivity contribution < 1.29 is 4.79 Å². The molecule has 2 aromatic heterocycles. The molecule has 0 radical (unpaired) electrons. The van der Waals surface area contributed by atoms with Crippen molar-refractivity contribution in [2.24, 2.45) is 5.92 Å². The predicted octanol–water partition coefficient (Wildman–Crippen LogP) is 0.00830. The molecular formula is C18H21N5O3. The Kier molecular flexibility index (Phi) is 4.18. The standard InChI is InChI=1S/C18H21N5O3/c1-2-23-18(26)17(25)22-10-12-6-8-21(11-14(12)16(22)20-23)15(24)9-13-5-3-4-7-19-13/h3-5,7,12,14H,2,6,8-11H2,1H3. The molecule has 0 saturated carbocycles. The van der Waals surface area contributed by atoms with E-state index >= 15 is 0 Å². The van der Waals surface area contributed by atoms with Crippen molar-refractivity contribution >= 4 is 5.91 Å². The summed E-state index contributed by atoms with van der Waals surface area (Å²) < 4.78 is 2.74. The highest BCUT2D eigenvalue weighted by molar-refractivity contribution is 5.78. The molecule has 0 aliphatic carbocycles. The number of carbonyl (C=O) groups excluding carboxylic acids is 1. The summed E-state index contributed by atoms with van der Waals surface area (Å²) in [5, 5.41) is 4.41. The van der Waals surface area contributed by atoms with E-state index in [9.17, 15) is 14.4 Å². The number of carbonyl (C=O) groups is 1. The molecule has 1 fully saturated rings. The van der Waals surface area contributed by atoms with Gasteiger partial charge in [0.1, 0.15) is 5.82 Å². The first-order valence-electron chi connectivity index (χ1n) is 8.98. The van der Waals surface area contributed by atoms with Gasteiger partial charge in [-0.15, -0.1) is 0 Å². The molecule has 2 aliphatic heterocycles. The van der Waals surface area contributed by atoms with Crippen molar-refractivity contribution in [1.29, 1.82) is 0 Å². The van der Waals surface area contributed by atoms with Crippen LogP contribution in [0, 0.1) is 5.92 Å². The van der Waals surface area contributed by atoms with E-state index < -0.39 is 11.1 Å². The minimum atomic E-state index is -0.571. The first-order chi connectivity index (χ1) is 12.6. The fraction of sp³-hybridized carbons (Fsp3) is 0.500. The minimum Gasteiger partial charge on any atom is -0.342 e. The number of aromatic nitrogens is 4. The van der Waals surface area contributed by atoms with Crippen LogP contribution in [0.1, 0.15) is 30.8 Å². The summed E-state index contributed by atoms with van der Waals surface area (Å²) in [6.45, 7) is 3.87. The van der Waals surface area contributed by atoms with Crippen molar-refractivity contribution in [2.75, 3.05) is 13.1 Å². The van der Waals surface area contributed by atoms with Crippen LogP contribution in [-0.2, 0) is 24.3 Å². The van der Waals surface area contributed by atoms with E-state index in [1.165, 1.54) is 9.25 Å². The Hall–Kier alpha value is -2.77. The number of hydrogen-bond donors (Lipinski definition) is 0. The lowest BCUT2D eigenvalue weighted by atomic mass is 9.87. The van der Waals surface area contributed by atoms with Crippen molar-refractivity contribution in [2.45, 2.75) is 38.8 Å². The van der Waals surface area contributed by atoms with Gasteiger partial charge in [-0.25, -0.2) is 4.68 Å². The third-order valence-electron chi connectivity index (χ3n) is 5.38. The Morgan fingerprint density at radius 3 is 2.81 bits per heavy atom. The molecule has 136 valence electrons. The third-order valence-corrected chi connectivity index (χ3v) is 5.38. The van der Waals surface area contributed by atoms with Gasteiger partial charge in [0.2, 0.25) is 5.91 Å². The molecular weight excluding hydrogens is 334 g/mol. The molecule has 0 spiro atoms. The van der Waals surface area contributed by atoms with E-state index in [0.717, 1.165) is 12.1 Å². The van der Waals surface area contributed by atoms with Gasteiger partial charge in [0.15, 0.2) is 0 Å². The number of hydrogen-bond acceptors (Lipinski definition) is 5. The Labute approximate surface area is 150 Å². The van der Waals surface area contributed by atoms with Crippen LogP contribution in [-0.4, -0.2) is 43.2 Å². The zero-order chi connectivity index (χ0) is 18.3. The molecule has 0 N–H and O–H groups in total. The highest BCUT2D eigenvalue weighted by Crippen LogP contribution is 2.36. The predicted molar refractivity (Wildman–Crippen MR) is 93.8 cm³/mol. The summed E-state index contributed by atoms with van der Waals surface area (Å²) in [7, 11) is 0. The van der Waals surface area contributed by atoms with Crippen LogP contribution < -0.4 is 11.1 Å². The van der Waals surface area contributed by atoms with E-state index in [0.29, 0.717) is 32.0 Å². The third kappa shape index (κ3) is 2.75. The van der Waals surface area contributed by atoms with Crippen LogP contribution >= 0.6 is 0 Å². The molecule has 8 heteroatoms. The molecule has 4 rings (SSSR count). The fourth-order valence-electron chi connectivity index (χ4n) is 3.96. The Morgan fingerprint density at radius 1 is 1.23 bits per heavy atom. The van der Waals surface area contributed by atoms with Crippen molar-refractivity contribution in [1.82, 2.24) is 24.2 Å². The summed E-state index contributed by atoms with van der Waals surface area (Å²) in [5.41, 5.74) is -0.323. The summed E-state index contributed by atoms with van der Waals surface area (Å²) in [6.07, 6.45) is 2.76. The van der Waals surface area contributed by atoms with Gasteiger partial charge >= 0.3 is 11.1 Å². The maximum atomic E-state index is 12.7. The van der Waals surface area contributed by atoms with E-state index in [-0.39, 0.29) is 24.2 Å². The topological polar surface area (TPSA) is 90.1 Å². The molecule has 0 aromatic carbocycles. The molecule has 2 aromatic rings. The molecule has 2 unspecified atom stereocenters. The average Bonchev–Trinajstić information content (AvgIpc) is 3.03. The number of rotatable bonds is 3. The monoisotopic (exact) mass is 355 g/mol. The molecule has 0 bridgehead atoms. The number of pyridine rings is 1. The fourth-order valence-corrected chi connectivity index (χ4v) is 3.96. The van der Waals surface area contributed by atoms with Gasteiger partial charge in [0, 0.05) is 44.0 Å². The molecule has 4 heterocycles. The summed E-state index contributed by atoms with van der Waals surface area (Å²) in [5.74, 6) is 0.923. The zero-order valence-electron chi connectivity index (χ0n) is 14.7. The Bertz CT molecular complexity index is 950. The normalized spacial score (nSPS) is 21.3. The largest absolute Gasteiger partial charge is 0.342 e. The van der Waals surface area contributed by atoms with E-state index in [1.807, 2.05) is 23.1 Å². The van der Waals surface area contributed by atoms with Crippen molar-refractivity contribution in [3.8, 4) is 0 Å². The van der Waals surface area contributed by atoms with E-state index in [2.05, 4.69) is 10.1 Å². The lowest BCUT2D eigenvalue weighted by Gasteiger charge is -2.34. The molecule has 2 aliphatic rings. The summed E-state index contributed by atoms with van der Waals surface area (Å²) in [6, 6.07) is 5.54. The Morgan fingerprint density at radius 2 is 2.08 bits per heavy atom. The van der Waals surface area contributed by atoms with Gasteiger partial charge in [0.25, 0.3) is 0 Å². The number of aryl methyl sites for hydroxylation is 1. The van der Waals surface area contributed by atoms with E-state index in [4.69, 9.17) is 0 Å². The number of fused-ring (bicyclic) bond motifs is 3. The first kappa shape index (κ1) is 16.7. The van der Waals surface area contributed by atoms with Crippen LogP contribution in [0.3, 0.4) is 0 Å². The summed E-state index contributed by atoms with van der Waals surface area (Å²) >= 11 is 0. The highest BCUT2D eigenvalue weighted by atomic mass is 16.2. The van der Waals surface area contributed by atoms with Gasteiger partial charge in [0.05, 0.1) is 6.42 Å². The number of amides is 1.